The van der Waals surface area contributed by atoms with E-state index in [4.69, 9.17) is 0 Å². The normalized spacial score (nSPS) is 22.6. The topological polar surface area (TPSA) is 32.3 Å². The number of benzene rings is 1. The SMILES string of the molecule is CC1CCN(C(C)CNC(=O)C2(c3cccc(Br)c3)CC2)CC1. The second-order valence-electron chi connectivity index (χ2n) is 7.37. The summed E-state index contributed by atoms with van der Waals surface area (Å²) < 4.78 is 1.05. The summed E-state index contributed by atoms with van der Waals surface area (Å²) >= 11 is 3.51. The third-order valence-electron chi connectivity index (χ3n) is 5.56. The molecule has 2 aliphatic rings. The minimum Gasteiger partial charge on any atom is -0.354 e. The molecule has 0 aromatic heterocycles. The van der Waals surface area contributed by atoms with Crippen molar-refractivity contribution in [3.8, 4) is 0 Å². The number of carbonyl (C=O) groups is 1. The maximum absolute atomic E-state index is 12.7. The lowest BCUT2D eigenvalue weighted by molar-refractivity contribution is -0.123. The van der Waals surface area contributed by atoms with Crippen LogP contribution < -0.4 is 5.32 Å². The Kier molecular flexibility index (Phi) is 5.12. The first kappa shape index (κ1) is 17.0. The fourth-order valence-corrected chi connectivity index (χ4v) is 3.97. The van der Waals surface area contributed by atoms with Crippen molar-refractivity contribution in [2.45, 2.75) is 51.0 Å². The maximum Gasteiger partial charge on any atom is 0.230 e. The Labute approximate surface area is 148 Å². The quantitative estimate of drug-likeness (QED) is 0.846. The average Bonchev–Trinajstić information content (AvgIpc) is 3.35. The molecular formula is C19H27BrN2O. The summed E-state index contributed by atoms with van der Waals surface area (Å²) in [5.74, 6) is 1.05. The van der Waals surface area contributed by atoms with Gasteiger partial charge in [-0.15, -0.1) is 0 Å². The molecule has 3 rings (SSSR count). The number of carbonyl (C=O) groups excluding carboxylic acids is 1. The standard InChI is InChI=1S/C19H27BrN2O/c1-14-6-10-22(11-7-14)15(2)13-21-18(23)19(8-9-19)16-4-3-5-17(20)12-16/h3-5,12,14-15H,6-11,13H2,1-2H3,(H,21,23). The minimum absolute atomic E-state index is 0.202. The molecule has 3 nitrogen and oxygen atoms in total. The zero-order chi connectivity index (χ0) is 16.4. The van der Waals surface area contributed by atoms with E-state index in [1.54, 1.807) is 0 Å². The number of likely N-dealkylation sites (tertiary alicyclic amines) is 1. The number of nitrogens with zero attached hydrogens (tertiary/aromatic N) is 1. The van der Waals surface area contributed by atoms with Crippen LogP contribution in [0.3, 0.4) is 0 Å². The van der Waals surface area contributed by atoms with Gasteiger partial charge in [-0.2, -0.15) is 0 Å². The van der Waals surface area contributed by atoms with E-state index in [9.17, 15) is 4.79 Å². The highest BCUT2D eigenvalue weighted by atomic mass is 79.9. The molecule has 1 heterocycles. The van der Waals surface area contributed by atoms with Gasteiger partial charge in [0.05, 0.1) is 5.41 Å². The van der Waals surface area contributed by atoms with Crippen LogP contribution in [0.15, 0.2) is 28.7 Å². The van der Waals surface area contributed by atoms with E-state index < -0.39 is 0 Å². The molecule has 23 heavy (non-hydrogen) atoms. The van der Waals surface area contributed by atoms with Crippen LogP contribution in [0.2, 0.25) is 0 Å². The molecule has 1 aliphatic heterocycles. The minimum atomic E-state index is -0.278. The van der Waals surface area contributed by atoms with Crippen molar-refractivity contribution >= 4 is 21.8 Å². The molecular weight excluding hydrogens is 352 g/mol. The van der Waals surface area contributed by atoms with E-state index >= 15 is 0 Å². The monoisotopic (exact) mass is 378 g/mol. The summed E-state index contributed by atoms with van der Waals surface area (Å²) in [6.07, 6.45) is 4.48. The van der Waals surface area contributed by atoms with Crippen LogP contribution >= 0.6 is 15.9 Å². The highest BCUT2D eigenvalue weighted by Gasteiger charge is 2.51. The number of halogens is 1. The van der Waals surface area contributed by atoms with Crippen LogP contribution in [-0.2, 0) is 10.2 Å². The van der Waals surface area contributed by atoms with Crippen LogP contribution in [0.1, 0.15) is 45.1 Å². The number of rotatable bonds is 5. The van der Waals surface area contributed by atoms with Gasteiger partial charge >= 0.3 is 0 Å². The molecule has 1 saturated carbocycles. The molecule has 0 bridgehead atoms. The van der Waals surface area contributed by atoms with Gasteiger partial charge in [-0.1, -0.05) is 35.0 Å². The fourth-order valence-electron chi connectivity index (χ4n) is 3.57. The van der Waals surface area contributed by atoms with Crippen molar-refractivity contribution in [1.29, 1.82) is 0 Å². The predicted molar refractivity (Wildman–Crippen MR) is 97.5 cm³/mol. The molecule has 1 aromatic carbocycles. The summed E-state index contributed by atoms with van der Waals surface area (Å²) in [4.78, 5) is 15.2. The molecule has 1 amide bonds. The van der Waals surface area contributed by atoms with Crippen LogP contribution in [0.25, 0.3) is 0 Å². The summed E-state index contributed by atoms with van der Waals surface area (Å²) in [5, 5.41) is 3.22. The smallest absolute Gasteiger partial charge is 0.230 e. The van der Waals surface area contributed by atoms with E-state index in [2.05, 4.69) is 52.1 Å². The molecule has 2 fully saturated rings. The van der Waals surface area contributed by atoms with E-state index in [-0.39, 0.29) is 11.3 Å². The second kappa shape index (κ2) is 6.94. The average molecular weight is 379 g/mol. The zero-order valence-electron chi connectivity index (χ0n) is 14.1. The number of nitrogens with one attached hydrogen (secondary N) is 1. The van der Waals surface area contributed by atoms with Crippen molar-refractivity contribution in [1.82, 2.24) is 10.2 Å². The van der Waals surface area contributed by atoms with Crippen molar-refractivity contribution < 1.29 is 4.79 Å². The number of piperidine rings is 1. The molecule has 1 aromatic rings. The molecule has 0 radical (unpaired) electrons. The van der Waals surface area contributed by atoms with E-state index in [0.29, 0.717) is 6.04 Å². The van der Waals surface area contributed by atoms with Crippen LogP contribution in [0.5, 0.6) is 0 Å². The van der Waals surface area contributed by atoms with Crippen molar-refractivity contribution in [2.24, 2.45) is 5.92 Å². The largest absolute Gasteiger partial charge is 0.354 e. The fraction of sp³-hybridized carbons (Fsp3) is 0.632. The summed E-state index contributed by atoms with van der Waals surface area (Å²) in [5.41, 5.74) is 0.865. The van der Waals surface area contributed by atoms with Gasteiger partial charge in [0.15, 0.2) is 0 Å². The predicted octanol–water partition coefficient (Wildman–Crippen LogP) is 3.72. The van der Waals surface area contributed by atoms with E-state index in [1.807, 2.05) is 12.1 Å². The molecule has 1 saturated heterocycles. The Hall–Kier alpha value is -0.870. The van der Waals surface area contributed by atoms with Crippen molar-refractivity contribution in [3.63, 3.8) is 0 Å². The Morgan fingerprint density at radius 2 is 2.09 bits per heavy atom. The van der Waals surface area contributed by atoms with E-state index in [0.717, 1.165) is 48.4 Å². The number of hydrogen-bond donors (Lipinski definition) is 1. The van der Waals surface area contributed by atoms with E-state index in [1.165, 1.54) is 12.8 Å². The molecule has 0 spiro atoms. The van der Waals surface area contributed by atoms with Gasteiger partial charge in [0.2, 0.25) is 5.91 Å². The molecule has 1 unspecified atom stereocenters. The highest BCUT2D eigenvalue weighted by Crippen LogP contribution is 2.48. The number of hydrogen-bond acceptors (Lipinski definition) is 2. The van der Waals surface area contributed by atoms with Crippen LogP contribution in [0.4, 0.5) is 0 Å². The summed E-state index contributed by atoms with van der Waals surface area (Å²) in [7, 11) is 0. The first-order valence-electron chi connectivity index (χ1n) is 8.80. The van der Waals surface area contributed by atoms with Gasteiger partial charge in [0.1, 0.15) is 0 Å². The third-order valence-corrected chi connectivity index (χ3v) is 6.05. The molecule has 1 aliphatic carbocycles. The second-order valence-corrected chi connectivity index (χ2v) is 8.29. The highest BCUT2D eigenvalue weighted by molar-refractivity contribution is 9.10. The van der Waals surface area contributed by atoms with Gasteiger partial charge in [-0.3, -0.25) is 9.69 Å². The lowest BCUT2D eigenvalue weighted by Gasteiger charge is -2.35. The Balaban J connectivity index is 1.55. The lowest BCUT2D eigenvalue weighted by Crippen LogP contribution is -2.47. The summed E-state index contributed by atoms with van der Waals surface area (Å²) in [6.45, 7) is 7.64. The van der Waals surface area contributed by atoms with Crippen LogP contribution in [0, 0.1) is 5.92 Å². The van der Waals surface area contributed by atoms with Gasteiger partial charge < -0.3 is 5.32 Å². The van der Waals surface area contributed by atoms with Gasteiger partial charge in [-0.25, -0.2) is 0 Å². The lowest BCUT2D eigenvalue weighted by atomic mass is 9.95. The maximum atomic E-state index is 12.7. The third kappa shape index (κ3) is 3.80. The number of amides is 1. The van der Waals surface area contributed by atoms with Crippen LogP contribution in [-0.4, -0.2) is 36.5 Å². The molecule has 4 heteroatoms. The molecule has 126 valence electrons. The Morgan fingerprint density at radius 3 is 2.70 bits per heavy atom. The first-order chi connectivity index (χ1) is 11.0. The van der Waals surface area contributed by atoms with Crippen molar-refractivity contribution in [2.75, 3.05) is 19.6 Å². The van der Waals surface area contributed by atoms with Gasteiger partial charge in [0.25, 0.3) is 0 Å². The van der Waals surface area contributed by atoms with Gasteiger partial charge in [0, 0.05) is 17.1 Å². The van der Waals surface area contributed by atoms with Crippen molar-refractivity contribution in [3.05, 3.63) is 34.3 Å². The molecule has 1 N–H and O–H groups in total. The summed E-state index contributed by atoms with van der Waals surface area (Å²) in [6, 6.07) is 8.61. The molecule has 1 atom stereocenters. The Bertz CT molecular complexity index is 562. The zero-order valence-corrected chi connectivity index (χ0v) is 15.7. The van der Waals surface area contributed by atoms with Gasteiger partial charge in [-0.05, 0) is 69.3 Å². The first-order valence-corrected chi connectivity index (χ1v) is 9.59. The Morgan fingerprint density at radius 1 is 1.39 bits per heavy atom.